The highest BCUT2D eigenvalue weighted by Crippen LogP contribution is 2.28. The summed E-state index contributed by atoms with van der Waals surface area (Å²) in [5.41, 5.74) is 3.82. The molecule has 0 bridgehead atoms. The third-order valence-electron chi connectivity index (χ3n) is 6.86. The van der Waals surface area contributed by atoms with Crippen LogP contribution < -0.4 is 5.56 Å². The van der Waals surface area contributed by atoms with Gasteiger partial charge in [0, 0.05) is 56.6 Å². The van der Waals surface area contributed by atoms with Crippen molar-refractivity contribution >= 4 is 5.91 Å². The van der Waals surface area contributed by atoms with Crippen molar-refractivity contribution in [2.24, 2.45) is 0 Å². The molecule has 33 heavy (non-hydrogen) atoms. The number of H-pyrrole nitrogens is 1. The zero-order chi connectivity index (χ0) is 22.8. The van der Waals surface area contributed by atoms with Crippen molar-refractivity contribution in [2.75, 3.05) is 19.6 Å². The number of hydrogen-bond acceptors (Lipinski definition) is 5. The minimum absolute atomic E-state index is 0.0292. The smallest absolute Gasteiger partial charge is 0.254 e. The van der Waals surface area contributed by atoms with E-state index in [1.807, 2.05) is 54.4 Å². The molecule has 170 valence electrons. The highest BCUT2D eigenvalue weighted by atomic mass is 16.2. The molecule has 2 aliphatic rings. The molecule has 1 amide bonds. The number of amides is 1. The van der Waals surface area contributed by atoms with Gasteiger partial charge in [-0.15, -0.1) is 0 Å². The zero-order valence-corrected chi connectivity index (χ0v) is 18.9. The predicted molar refractivity (Wildman–Crippen MR) is 126 cm³/mol. The Kier molecular flexibility index (Phi) is 6.05. The van der Waals surface area contributed by atoms with Crippen LogP contribution >= 0.6 is 0 Å². The van der Waals surface area contributed by atoms with Crippen molar-refractivity contribution in [1.29, 1.82) is 0 Å². The second kappa shape index (κ2) is 9.27. The summed E-state index contributed by atoms with van der Waals surface area (Å²) in [7, 11) is 0. The lowest BCUT2D eigenvalue weighted by Gasteiger charge is -2.28. The Morgan fingerprint density at radius 1 is 1.18 bits per heavy atom. The standard InChI is InChI=1S/C26H29N5O2/c1-18(20-7-3-2-4-8-20)26(33)31-13-9-21(16-31)24-28-23-17-30(12-10-22(23)25(32)29-24)15-19-6-5-11-27-14-19/h2-8,11,14,18,21H,9-10,12-13,15-17H2,1H3,(H,28,29,32)/t18-,21+/m0/s1. The fraction of sp³-hybridized carbons (Fsp3) is 0.385. The first-order valence-corrected chi connectivity index (χ1v) is 11.7. The monoisotopic (exact) mass is 443 g/mol. The summed E-state index contributed by atoms with van der Waals surface area (Å²) >= 11 is 0. The highest BCUT2D eigenvalue weighted by Gasteiger charge is 2.32. The average molecular weight is 444 g/mol. The zero-order valence-electron chi connectivity index (χ0n) is 18.9. The lowest BCUT2D eigenvalue weighted by Crippen LogP contribution is -2.36. The number of hydrogen-bond donors (Lipinski definition) is 1. The summed E-state index contributed by atoms with van der Waals surface area (Å²) in [4.78, 5) is 42.2. The van der Waals surface area contributed by atoms with Crippen LogP contribution in [0.25, 0.3) is 0 Å². The Morgan fingerprint density at radius 2 is 2.03 bits per heavy atom. The number of fused-ring (bicyclic) bond motifs is 1. The van der Waals surface area contributed by atoms with Crippen LogP contribution in [0.4, 0.5) is 0 Å². The Labute approximate surface area is 193 Å². The number of benzene rings is 1. The van der Waals surface area contributed by atoms with E-state index in [9.17, 15) is 9.59 Å². The topological polar surface area (TPSA) is 82.2 Å². The molecule has 1 aromatic carbocycles. The van der Waals surface area contributed by atoms with E-state index < -0.39 is 0 Å². The Morgan fingerprint density at radius 3 is 2.82 bits per heavy atom. The molecule has 7 nitrogen and oxygen atoms in total. The first-order chi connectivity index (χ1) is 16.1. The van der Waals surface area contributed by atoms with Gasteiger partial charge in [-0.25, -0.2) is 4.98 Å². The summed E-state index contributed by atoms with van der Waals surface area (Å²) in [6.07, 6.45) is 5.17. The summed E-state index contributed by atoms with van der Waals surface area (Å²) in [5.74, 6) is 0.724. The van der Waals surface area contributed by atoms with Crippen LogP contribution in [0.2, 0.25) is 0 Å². The highest BCUT2D eigenvalue weighted by molar-refractivity contribution is 5.83. The Bertz CT molecular complexity index is 1180. The average Bonchev–Trinajstić information content (AvgIpc) is 3.34. The van der Waals surface area contributed by atoms with Gasteiger partial charge in [-0.3, -0.25) is 19.5 Å². The van der Waals surface area contributed by atoms with Gasteiger partial charge in [-0.05, 0) is 37.0 Å². The van der Waals surface area contributed by atoms with Crippen LogP contribution in [0, 0.1) is 0 Å². The summed E-state index contributed by atoms with van der Waals surface area (Å²) in [5, 5.41) is 0. The van der Waals surface area contributed by atoms with Crippen molar-refractivity contribution in [3.05, 3.63) is 93.4 Å². The van der Waals surface area contributed by atoms with Crippen LogP contribution in [0.15, 0.2) is 59.7 Å². The minimum atomic E-state index is -0.179. The van der Waals surface area contributed by atoms with E-state index in [-0.39, 0.29) is 23.3 Å². The fourth-order valence-electron chi connectivity index (χ4n) is 4.93. The maximum absolute atomic E-state index is 13.1. The van der Waals surface area contributed by atoms with Gasteiger partial charge in [0.05, 0.1) is 11.6 Å². The first-order valence-electron chi connectivity index (χ1n) is 11.7. The normalized spacial score (nSPS) is 19.3. The molecule has 0 aliphatic carbocycles. The molecule has 5 rings (SSSR count). The van der Waals surface area contributed by atoms with E-state index in [1.165, 1.54) is 0 Å². The van der Waals surface area contributed by atoms with Crippen molar-refractivity contribution in [1.82, 2.24) is 24.8 Å². The van der Waals surface area contributed by atoms with Gasteiger partial charge in [0.2, 0.25) is 5.91 Å². The number of aromatic nitrogens is 3. The summed E-state index contributed by atoms with van der Waals surface area (Å²) in [6.45, 7) is 5.52. The third kappa shape index (κ3) is 4.59. The van der Waals surface area contributed by atoms with Gasteiger partial charge in [0.1, 0.15) is 5.82 Å². The molecular formula is C26H29N5O2. The number of rotatable bonds is 5. The van der Waals surface area contributed by atoms with Crippen molar-refractivity contribution in [3.8, 4) is 0 Å². The lowest BCUT2D eigenvalue weighted by molar-refractivity contribution is -0.131. The maximum Gasteiger partial charge on any atom is 0.254 e. The van der Waals surface area contributed by atoms with Gasteiger partial charge in [0.25, 0.3) is 5.56 Å². The van der Waals surface area contributed by atoms with E-state index in [2.05, 4.69) is 20.9 Å². The molecule has 2 aliphatic heterocycles. The number of nitrogens with zero attached hydrogens (tertiary/aromatic N) is 4. The molecule has 0 spiro atoms. The van der Waals surface area contributed by atoms with E-state index in [0.717, 1.165) is 41.9 Å². The second-order valence-electron chi connectivity index (χ2n) is 9.10. The van der Waals surface area contributed by atoms with Gasteiger partial charge in [0.15, 0.2) is 0 Å². The Hall–Kier alpha value is -3.32. The Balaban J connectivity index is 1.29. The summed E-state index contributed by atoms with van der Waals surface area (Å²) < 4.78 is 0. The molecule has 0 unspecified atom stereocenters. The molecule has 0 radical (unpaired) electrons. The van der Waals surface area contributed by atoms with Gasteiger partial charge in [-0.1, -0.05) is 36.4 Å². The van der Waals surface area contributed by atoms with Crippen LogP contribution in [-0.2, 0) is 24.3 Å². The van der Waals surface area contributed by atoms with Crippen LogP contribution in [0.1, 0.15) is 53.4 Å². The second-order valence-corrected chi connectivity index (χ2v) is 9.10. The SMILES string of the molecule is C[C@H](C(=O)N1CC[C@@H](c2nc3c(c(=O)[nH]2)CCN(Cc2cccnc2)C3)C1)c1ccccc1. The maximum atomic E-state index is 13.1. The molecule has 4 heterocycles. The number of carbonyl (C=O) groups is 1. The number of carbonyl (C=O) groups excluding carboxylic acids is 1. The van der Waals surface area contributed by atoms with E-state index in [1.54, 1.807) is 6.20 Å². The number of likely N-dealkylation sites (tertiary alicyclic amines) is 1. The predicted octanol–water partition coefficient (Wildman–Crippen LogP) is 2.84. The fourth-order valence-corrected chi connectivity index (χ4v) is 4.93. The molecule has 1 N–H and O–H groups in total. The van der Waals surface area contributed by atoms with E-state index in [4.69, 9.17) is 4.98 Å². The number of pyridine rings is 1. The van der Waals surface area contributed by atoms with Crippen LogP contribution in [-0.4, -0.2) is 50.3 Å². The molecule has 2 aromatic heterocycles. The number of aromatic amines is 1. The van der Waals surface area contributed by atoms with Crippen LogP contribution in [0.3, 0.4) is 0 Å². The molecule has 1 saturated heterocycles. The largest absolute Gasteiger partial charge is 0.341 e. The van der Waals surface area contributed by atoms with E-state index in [0.29, 0.717) is 31.9 Å². The molecular weight excluding hydrogens is 414 g/mol. The molecule has 0 saturated carbocycles. The van der Waals surface area contributed by atoms with Crippen molar-refractivity contribution in [2.45, 2.75) is 44.7 Å². The van der Waals surface area contributed by atoms with Crippen LogP contribution in [0.5, 0.6) is 0 Å². The van der Waals surface area contributed by atoms with Crippen molar-refractivity contribution < 1.29 is 4.79 Å². The molecule has 3 aromatic rings. The molecule has 2 atom stereocenters. The molecule has 1 fully saturated rings. The van der Waals surface area contributed by atoms with Gasteiger partial charge >= 0.3 is 0 Å². The number of nitrogens with one attached hydrogen (secondary N) is 1. The van der Waals surface area contributed by atoms with Gasteiger partial charge < -0.3 is 9.88 Å². The van der Waals surface area contributed by atoms with Crippen molar-refractivity contribution in [3.63, 3.8) is 0 Å². The summed E-state index contributed by atoms with van der Waals surface area (Å²) in [6, 6.07) is 13.9. The quantitative estimate of drug-likeness (QED) is 0.656. The lowest BCUT2D eigenvalue weighted by atomic mass is 10.00. The minimum Gasteiger partial charge on any atom is -0.341 e. The van der Waals surface area contributed by atoms with Gasteiger partial charge in [-0.2, -0.15) is 0 Å². The first kappa shape index (κ1) is 21.5. The third-order valence-corrected chi connectivity index (χ3v) is 6.86. The van der Waals surface area contributed by atoms with E-state index >= 15 is 0 Å². The molecule has 7 heteroatoms.